The molecule has 0 saturated carbocycles. The summed E-state index contributed by atoms with van der Waals surface area (Å²) in [5, 5.41) is 6.98. The molecule has 1 aromatic carbocycles. The molecule has 1 rings (SSSR count). The van der Waals surface area contributed by atoms with E-state index in [4.69, 9.17) is 0 Å². The van der Waals surface area contributed by atoms with E-state index in [-0.39, 0.29) is 5.41 Å². The molecule has 102 valence electrons. The number of hydrogen-bond acceptors (Lipinski definition) is 2. The molecule has 2 heteroatoms. The van der Waals surface area contributed by atoms with Gasteiger partial charge in [0, 0.05) is 25.0 Å². The third-order valence-corrected chi connectivity index (χ3v) is 3.15. The Balaban J connectivity index is 2.22. The number of nitrogens with one attached hydrogen (secondary N) is 2. The Morgan fingerprint density at radius 1 is 1.00 bits per heavy atom. The van der Waals surface area contributed by atoms with Gasteiger partial charge in [0.25, 0.3) is 0 Å². The topological polar surface area (TPSA) is 24.1 Å². The van der Waals surface area contributed by atoms with Crippen LogP contribution in [0, 0.1) is 5.92 Å². The van der Waals surface area contributed by atoms with Crippen LogP contribution in [0.15, 0.2) is 30.3 Å². The minimum Gasteiger partial charge on any atom is -0.315 e. The van der Waals surface area contributed by atoms with Crippen molar-refractivity contribution in [2.45, 2.75) is 33.1 Å². The van der Waals surface area contributed by atoms with Crippen molar-refractivity contribution >= 4 is 0 Å². The molecule has 2 nitrogen and oxygen atoms in total. The zero-order valence-corrected chi connectivity index (χ0v) is 12.3. The van der Waals surface area contributed by atoms with Crippen LogP contribution < -0.4 is 10.6 Å². The SMILES string of the molecule is CC(C)CNCCNCC(C)(C)c1ccccc1. The monoisotopic (exact) mass is 248 g/mol. The van der Waals surface area contributed by atoms with Crippen molar-refractivity contribution in [3.05, 3.63) is 35.9 Å². The highest BCUT2D eigenvalue weighted by Crippen LogP contribution is 2.21. The van der Waals surface area contributed by atoms with Gasteiger partial charge >= 0.3 is 0 Å². The Morgan fingerprint density at radius 3 is 2.22 bits per heavy atom. The van der Waals surface area contributed by atoms with Gasteiger partial charge in [0.1, 0.15) is 0 Å². The van der Waals surface area contributed by atoms with Gasteiger partial charge in [0.2, 0.25) is 0 Å². The van der Waals surface area contributed by atoms with E-state index < -0.39 is 0 Å². The molecule has 18 heavy (non-hydrogen) atoms. The molecule has 0 aromatic heterocycles. The Hall–Kier alpha value is -0.860. The van der Waals surface area contributed by atoms with Crippen LogP contribution in [0.2, 0.25) is 0 Å². The zero-order chi connectivity index (χ0) is 13.4. The molecule has 0 unspecified atom stereocenters. The molecule has 0 spiro atoms. The van der Waals surface area contributed by atoms with Gasteiger partial charge in [-0.05, 0) is 18.0 Å². The van der Waals surface area contributed by atoms with Gasteiger partial charge in [0.15, 0.2) is 0 Å². The Kier molecular flexibility index (Phi) is 6.37. The molecule has 0 saturated heterocycles. The molecule has 2 N–H and O–H groups in total. The third kappa shape index (κ3) is 5.65. The van der Waals surface area contributed by atoms with Crippen molar-refractivity contribution in [2.75, 3.05) is 26.2 Å². The molecule has 0 aliphatic heterocycles. The minimum absolute atomic E-state index is 0.194. The lowest BCUT2D eigenvalue weighted by molar-refractivity contribution is 0.458. The number of benzene rings is 1. The second-order valence-corrected chi connectivity index (χ2v) is 6.02. The molecule has 0 atom stereocenters. The molecule has 0 bridgehead atoms. The van der Waals surface area contributed by atoms with Crippen LogP contribution in [-0.4, -0.2) is 26.2 Å². The number of rotatable bonds is 8. The maximum absolute atomic E-state index is 3.54. The fourth-order valence-electron chi connectivity index (χ4n) is 1.96. The lowest BCUT2D eigenvalue weighted by Gasteiger charge is -2.25. The smallest absolute Gasteiger partial charge is 0.00770 e. The third-order valence-electron chi connectivity index (χ3n) is 3.15. The lowest BCUT2D eigenvalue weighted by atomic mass is 9.85. The summed E-state index contributed by atoms with van der Waals surface area (Å²) in [7, 11) is 0. The molecule has 0 aliphatic rings. The molecule has 0 radical (unpaired) electrons. The first-order valence-corrected chi connectivity index (χ1v) is 6.99. The summed E-state index contributed by atoms with van der Waals surface area (Å²) in [5.74, 6) is 0.728. The molecular weight excluding hydrogens is 220 g/mol. The first kappa shape index (κ1) is 15.2. The molecule has 0 heterocycles. The van der Waals surface area contributed by atoms with Crippen LogP contribution in [0.3, 0.4) is 0 Å². The molecule has 1 aromatic rings. The van der Waals surface area contributed by atoms with Crippen LogP contribution in [0.4, 0.5) is 0 Å². The summed E-state index contributed by atoms with van der Waals surface area (Å²) >= 11 is 0. The minimum atomic E-state index is 0.194. The van der Waals surface area contributed by atoms with Crippen molar-refractivity contribution in [3.8, 4) is 0 Å². The van der Waals surface area contributed by atoms with Crippen molar-refractivity contribution in [2.24, 2.45) is 5.92 Å². The van der Waals surface area contributed by atoms with Gasteiger partial charge in [-0.3, -0.25) is 0 Å². The maximum Gasteiger partial charge on any atom is 0.00770 e. The zero-order valence-electron chi connectivity index (χ0n) is 12.3. The standard InChI is InChI=1S/C16H28N2/c1-14(2)12-17-10-11-18-13-16(3,4)15-8-6-5-7-9-15/h5-9,14,17-18H,10-13H2,1-4H3. The highest BCUT2D eigenvalue weighted by Gasteiger charge is 2.19. The highest BCUT2D eigenvalue weighted by atomic mass is 14.9. The van der Waals surface area contributed by atoms with E-state index in [1.807, 2.05) is 0 Å². The van der Waals surface area contributed by atoms with Crippen LogP contribution in [-0.2, 0) is 5.41 Å². The average Bonchev–Trinajstić information content (AvgIpc) is 2.34. The first-order valence-electron chi connectivity index (χ1n) is 6.99. The Morgan fingerprint density at radius 2 is 1.61 bits per heavy atom. The van der Waals surface area contributed by atoms with Gasteiger partial charge in [-0.2, -0.15) is 0 Å². The first-order chi connectivity index (χ1) is 8.52. The summed E-state index contributed by atoms with van der Waals surface area (Å²) in [6, 6.07) is 10.7. The van der Waals surface area contributed by atoms with Crippen LogP contribution in [0.5, 0.6) is 0 Å². The largest absolute Gasteiger partial charge is 0.315 e. The highest BCUT2D eigenvalue weighted by molar-refractivity contribution is 5.23. The fraction of sp³-hybridized carbons (Fsp3) is 0.625. The predicted molar refractivity (Wildman–Crippen MR) is 80.0 cm³/mol. The van der Waals surface area contributed by atoms with Crippen LogP contribution >= 0.6 is 0 Å². The quantitative estimate of drug-likeness (QED) is 0.691. The summed E-state index contributed by atoms with van der Waals surface area (Å²) in [4.78, 5) is 0. The van der Waals surface area contributed by atoms with Crippen molar-refractivity contribution in [3.63, 3.8) is 0 Å². The second kappa shape index (κ2) is 7.55. The summed E-state index contributed by atoms with van der Waals surface area (Å²) in [6.07, 6.45) is 0. The fourth-order valence-corrected chi connectivity index (χ4v) is 1.96. The van der Waals surface area contributed by atoms with Crippen LogP contribution in [0.25, 0.3) is 0 Å². The van der Waals surface area contributed by atoms with Crippen molar-refractivity contribution in [1.29, 1.82) is 0 Å². The van der Waals surface area contributed by atoms with E-state index in [2.05, 4.69) is 68.7 Å². The predicted octanol–water partition coefficient (Wildman–Crippen LogP) is 2.80. The molecule has 0 fully saturated rings. The van der Waals surface area contributed by atoms with E-state index in [1.165, 1.54) is 5.56 Å². The van der Waals surface area contributed by atoms with Gasteiger partial charge in [-0.25, -0.2) is 0 Å². The Bertz CT molecular complexity index is 317. The Labute approximate surface area is 112 Å². The van der Waals surface area contributed by atoms with Crippen molar-refractivity contribution < 1.29 is 0 Å². The summed E-state index contributed by atoms with van der Waals surface area (Å²) in [5.41, 5.74) is 1.59. The van der Waals surface area contributed by atoms with E-state index in [0.29, 0.717) is 0 Å². The summed E-state index contributed by atoms with van der Waals surface area (Å²) < 4.78 is 0. The van der Waals surface area contributed by atoms with Crippen molar-refractivity contribution in [1.82, 2.24) is 10.6 Å². The van der Waals surface area contributed by atoms with E-state index in [0.717, 1.165) is 32.1 Å². The molecular formula is C16H28N2. The average molecular weight is 248 g/mol. The van der Waals surface area contributed by atoms with E-state index in [1.54, 1.807) is 0 Å². The van der Waals surface area contributed by atoms with Gasteiger partial charge in [-0.1, -0.05) is 58.0 Å². The lowest BCUT2D eigenvalue weighted by Crippen LogP contribution is -2.37. The van der Waals surface area contributed by atoms with Gasteiger partial charge in [0.05, 0.1) is 0 Å². The van der Waals surface area contributed by atoms with Gasteiger partial charge in [-0.15, -0.1) is 0 Å². The molecule has 0 aliphatic carbocycles. The normalized spacial score (nSPS) is 12.1. The van der Waals surface area contributed by atoms with E-state index >= 15 is 0 Å². The van der Waals surface area contributed by atoms with Gasteiger partial charge < -0.3 is 10.6 Å². The maximum atomic E-state index is 3.54. The molecule has 0 amide bonds. The summed E-state index contributed by atoms with van der Waals surface area (Å²) in [6.45, 7) is 13.2. The van der Waals surface area contributed by atoms with Crippen LogP contribution in [0.1, 0.15) is 33.3 Å². The van der Waals surface area contributed by atoms with E-state index in [9.17, 15) is 0 Å². The second-order valence-electron chi connectivity index (χ2n) is 6.02. The number of hydrogen-bond donors (Lipinski definition) is 2.